The Bertz CT molecular complexity index is 762. The molecule has 2 N–H and O–H groups in total. The summed E-state index contributed by atoms with van der Waals surface area (Å²) < 4.78 is 2.17. The van der Waals surface area contributed by atoms with Gasteiger partial charge in [-0.3, -0.25) is 0 Å². The number of imidazole rings is 1. The minimum absolute atomic E-state index is 0.250. The summed E-state index contributed by atoms with van der Waals surface area (Å²) in [6, 6.07) is 15.8. The first-order valence-electron chi connectivity index (χ1n) is 7.06. The van der Waals surface area contributed by atoms with Crippen LogP contribution in [0.2, 0.25) is 5.02 Å². The van der Waals surface area contributed by atoms with Gasteiger partial charge >= 0.3 is 0 Å². The zero-order chi connectivity index (χ0) is 15.0. The van der Waals surface area contributed by atoms with E-state index in [1.165, 1.54) is 0 Å². The van der Waals surface area contributed by atoms with Crippen molar-refractivity contribution in [2.75, 3.05) is 0 Å². The highest BCUT2D eigenvalue weighted by Crippen LogP contribution is 2.28. The predicted molar refractivity (Wildman–Crippen MR) is 87.6 cm³/mol. The van der Waals surface area contributed by atoms with E-state index in [1.807, 2.05) is 48.5 Å². The van der Waals surface area contributed by atoms with E-state index in [0.29, 0.717) is 5.02 Å². The lowest BCUT2D eigenvalue weighted by Crippen LogP contribution is -2.19. The second-order valence-corrected chi connectivity index (χ2v) is 5.89. The molecule has 0 fully saturated rings. The van der Waals surface area contributed by atoms with Crippen LogP contribution in [-0.2, 0) is 0 Å². The lowest BCUT2D eigenvalue weighted by Gasteiger charge is -2.18. The maximum absolute atomic E-state index is 6.44. The number of benzene rings is 2. The monoisotopic (exact) mass is 299 g/mol. The molecule has 3 aromatic rings. The van der Waals surface area contributed by atoms with Crippen molar-refractivity contribution < 1.29 is 0 Å². The fourth-order valence-corrected chi connectivity index (χ4v) is 2.82. The molecule has 0 amide bonds. The maximum atomic E-state index is 6.44. The van der Waals surface area contributed by atoms with Crippen molar-refractivity contribution in [1.29, 1.82) is 0 Å². The van der Waals surface area contributed by atoms with Crippen LogP contribution < -0.4 is 5.73 Å². The first-order chi connectivity index (χ1) is 10.1. The summed E-state index contributed by atoms with van der Waals surface area (Å²) in [5, 5.41) is 0.712. The van der Waals surface area contributed by atoms with Crippen LogP contribution >= 0.6 is 11.6 Å². The minimum Gasteiger partial charge on any atom is -0.324 e. The molecule has 1 unspecified atom stereocenters. The van der Waals surface area contributed by atoms with Crippen LogP contribution in [0.4, 0.5) is 0 Å². The van der Waals surface area contributed by atoms with Gasteiger partial charge in [0.15, 0.2) is 0 Å². The zero-order valence-corrected chi connectivity index (χ0v) is 12.9. The van der Waals surface area contributed by atoms with Gasteiger partial charge in [0.25, 0.3) is 0 Å². The van der Waals surface area contributed by atoms with Crippen molar-refractivity contribution in [3.8, 4) is 0 Å². The van der Waals surface area contributed by atoms with Gasteiger partial charge in [-0.15, -0.1) is 0 Å². The average Bonchev–Trinajstić information content (AvgIpc) is 2.86. The molecule has 0 radical (unpaired) electrons. The van der Waals surface area contributed by atoms with Crippen molar-refractivity contribution in [3.05, 3.63) is 64.9 Å². The van der Waals surface area contributed by atoms with Gasteiger partial charge in [0.1, 0.15) is 5.82 Å². The number of nitrogens with zero attached hydrogens (tertiary/aromatic N) is 2. The number of aromatic nitrogens is 2. The molecule has 0 aliphatic rings. The van der Waals surface area contributed by atoms with Crippen molar-refractivity contribution >= 4 is 22.6 Å². The van der Waals surface area contributed by atoms with Crippen LogP contribution in [0.5, 0.6) is 0 Å². The number of nitrogens with two attached hydrogens (primary N) is 1. The Hall–Kier alpha value is -1.84. The van der Waals surface area contributed by atoms with Gasteiger partial charge in [-0.05, 0) is 37.6 Å². The molecule has 0 aliphatic heterocycles. The van der Waals surface area contributed by atoms with Gasteiger partial charge in [0, 0.05) is 11.1 Å². The Balaban J connectivity index is 2.20. The predicted octanol–water partition coefficient (Wildman–Crippen LogP) is 4.32. The smallest absolute Gasteiger partial charge is 0.131 e. The van der Waals surface area contributed by atoms with Crippen molar-refractivity contribution in [1.82, 2.24) is 9.55 Å². The van der Waals surface area contributed by atoms with E-state index in [1.54, 1.807) is 0 Å². The molecule has 0 saturated heterocycles. The SMILES string of the molecule is CC(C)n1c(C(N)c2ccccc2)nc2ccc(Cl)cc21. The highest BCUT2D eigenvalue weighted by atomic mass is 35.5. The molecular formula is C17H18ClN3. The molecule has 1 atom stereocenters. The molecule has 4 heteroatoms. The van der Waals surface area contributed by atoms with Crippen molar-refractivity contribution in [3.63, 3.8) is 0 Å². The summed E-state index contributed by atoms with van der Waals surface area (Å²) in [4.78, 5) is 4.73. The molecule has 0 aliphatic carbocycles. The largest absolute Gasteiger partial charge is 0.324 e. The molecule has 2 aromatic carbocycles. The molecule has 108 valence electrons. The molecule has 0 bridgehead atoms. The molecule has 0 spiro atoms. The number of fused-ring (bicyclic) bond motifs is 1. The van der Waals surface area contributed by atoms with Gasteiger partial charge in [-0.2, -0.15) is 0 Å². The number of hydrogen-bond acceptors (Lipinski definition) is 2. The maximum Gasteiger partial charge on any atom is 0.131 e. The highest BCUT2D eigenvalue weighted by Gasteiger charge is 2.20. The average molecular weight is 300 g/mol. The Morgan fingerprint density at radius 2 is 1.81 bits per heavy atom. The van der Waals surface area contributed by atoms with Crippen LogP contribution in [0.25, 0.3) is 11.0 Å². The van der Waals surface area contributed by atoms with Crippen LogP contribution in [0.3, 0.4) is 0 Å². The summed E-state index contributed by atoms with van der Waals surface area (Å²) in [5.74, 6) is 0.869. The highest BCUT2D eigenvalue weighted by molar-refractivity contribution is 6.31. The van der Waals surface area contributed by atoms with Crippen LogP contribution in [0.1, 0.15) is 37.3 Å². The first-order valence-corrected chi connectivity index (χ1v) is 7.43. The minimum atomic E-state index is -0.250. The Morgan fingerprint density at radius 1 is 1.10 bits per heavy atom. The topological polar surface area (TPSA) is 43.8 Å². The summed E-state index contributed by atoms with van der Waals surface area (Å²) in [6.07, 6.45) is 0. The Morgan fingerprint density at radius 3 is 2.48 bits per heavy atom. The lowest BCUT2D eigenvalue weighted by molar-refractivity contribution is 0.567. The van der Waals surface area contributed by atoms with E-state index in [4.69, 9.17) is 22.3 Å². The van der Waals surface area contributed by atoms with Crippen LogP contribution in [0.15, 0.2) is 48.5 Å². The number of hydrogen-bond donors (Lipinski definition) is 1. The first kappa shape index (κ1) is 14.1. The molecule has 1 heterocycles. The summed E-state index contributed by atoms with van der Waals surface area (Å²) in [6.45, 7) is 4.26. The van der Waals surface area contributed by atoms with E-state index >= 15 is 0 Å². The van der Waals surface area contributed by atoms with Crippen LogP contribution in [0, 0.1) is 0 Å². The molecular weight excluding hydrogens is 282 g/mol. The molecule has 3 nitrogen and oxygen atoms in total. The van der Waals surface area contributed by atoms with Crippen molar-refractivity contribution in [2.45, 2.75) is 25.9 Å². The van der Waals surface area contributed by atoms with E-state index < -0.39 is 0 Å². The molecule has 3 rings (SSSR count). The van der Waals surface area contributed by atoms with Gasteiger partial charge in [0.05, 0.1) is 17.1 Å². The summed E-state index contributed by atoms with van der Waals surface area (Å²) in [7, 11) is 0. The van der Waals surface area contributed by atoms with Gasteiger partial charge in [0.2, 0.25) is 0 Å². The third-order valence-corrected chi connectivity index (χ3v) is 3.87. The van der Waals surface area contributed by atoms with Gasteiger partial charge in [-0.1, -0.05) is 41.9 Å². The third kappa shape index (κ3) is 2.55. The Kier molecular flexibility index (Phi) is 3.70. The Labute approximate surface area is 129 Å². The molecule has 0 saturated carbocycles. The normalized spacial score (nSPS) is 13.0. The summed E-state index contributed by atoms with van der Waals surface area (Å²) >= 11 is 6.13. The standard InChI is InChI=1S/C17H18ClN3/c1-11(2)21-15-10-13(18)8-9-14(15)20-17(21)16(19)12-6-4-3-5-7-12/h3-11,16H,19H2,1-2H3. The second kappa shape index (κ2) is 5.51. The van der Waals surface area contributed by atoms with Gasteiger partial charge < -0.3 is 10.3 Å². The van der Waals surface area contributed by atoms with E-state index in [-0.39, 0.29) is 12.1 Å². The number of rotatable bonds is 3. The molecule has 21 heavy (non-hydrogen) atoms. The second-order valence-electron chi connectivity index (χ2n) is 5.46. The van der Waals surface area contributed by atoms with E-state index in [0.717, 1.165) is 22.4 Å². The van der Waals surface area contributed by atoms with E-state index in [2.05, 4.69) is 18.4 Å². The molecule has 1 aromatic heterocycles. The van der Waals surface area contributed by atoms with Gasteiger partial charge in [-0.25, -0.2) is 4.98 Å². The number of halogens is 1. The third-order valence-electron chi connectivity index (χ3n) is 3.63. The summed E-state index contributed by atoms with van der Waals surface area (Å²) in [5.41, 5.74) is 9.45. The van der Waals surface area contributed by atoms with Crippen molar-refractivity contribution in [2.24, 2.45) is 5.73 Å². The lowest BCUT2D eigenvalue weighted by atomic mass is 10.1. The zero-order valence-electron chi connectivity index (χ0n) is 12.1. The van der Waals surface area contributed by atoms with E-state index in [9.17, 15) is 0 Å². The fourth-order valence-electron chi connectivity index (χ4n) is 2.66. The fraction of sp³-hybridized carbons (Fsp3) is 0.235. The quantitative estimate of drug-likeness (QED) is 0.783. The van der Waals surface area contributed by atoms with Crippen LogP contribution in [-0.4, -0.2) is 9.55 Å².